The van der Waals surface area contributed by atoms with E-state index in [1.54, 1.807) is 6.21 Å². The summed E-state index contributed by atoms with van der Waals surface area (Å²) in [5.74, 6) is 2.88. The molecule has 1 rings (SSSR count). The second kappa shape index (κ2) is 4.55. The Morgan fingerprint density at radius 3 is 3.25 bits per heavy atom. The predicted octanol–water partition coefficient (Wildman–Crippen LogP) is 1.36. The fraction of sp³-hybridized carbons (Fsp3) is 0.556. The first-order valence-corrected chi connectivity index (χ1v) is 4.18. The van der Waals surface area contributed by atoms with Crippen molar-refractivity contribution in [2.24, 2.45) is 5.10 Å². The van der Waals surface area contributed by atoms with Gasteiger partial charge in [0.15, 0.2) is 0 Å². The van der Waals surface area contributed by atoms with E-state index in [0.717, 1.165) is 19.3 Å². The van der Waals surface area contributed by atoms with Gasteiger partial charge in [-0.3, -0.25) is 4.79 Å². The van der Waals surface area contributed by atoms with Gasteiger partial charge in [0.2, 0.25) is 0 Å². The van der Waals surface area contributed by atoms with E-state index in [1.165, 1.54) is 5.01 Å². The third kappa shape index (κ3) is 2.39. The number of nitrogens with zero attached hydrogens (tertiary/aromatic N) is 2. The van der Waals surface area contributed by atoms with Crippen molar-refractivity contribution in [3.8, 4) is 12.0 Å². The van der Waals surface area contributed by atoms with E-state index in [-0.39, 0.29) is 5.91 Å². The number of hydrogen-bond donors (Lipinski definition) is 0. The van der Waals surface area contributed by atoms with Crippen molar-refractivity contribution in [2.75, 3.05) is 0 Å². The fourth-order valence-electron chi connectivity index (χ4n) is 0.845. The molecule has 64 valence electrons. The lowest BCUT2D eigenvalue weighted by molar-refractivity contribution is -0.128. The molecule has 0 radical (unpaired) electrons. The normalized spacial score (nSPS) is 15.8. The van der Waals surface area contributed by atoms with E-state index in [1.807, 2.05) is 0 Å². The number of unbranched alkanes of at least 4 members (excludes halogenated alkanes) is 1. The highest BCUT2D eigenvalue weighted by molar-refractivity contribution is 5.83. The first-order chi connectivity index (χ1) is 5.84. The molecule has 0 unspecified atom stereocenters. The van der Waals surface area contributed by atoms with Crippen LogP contribution in [0.1, 0.15) is 32.6 Å². The van der Waals surface area contributed by atoms with Gasteiger partial charge in [-0.1, -0.05) is 12.8 Å². The minimum atomic E-state index is 0.00102. The summed E-state index contributed by atoms with van der Waals surface area (Å²) in [5.41, 5.74) is 0. The molecule has 0 aromatic heterocycles. The Bertz CT molecular complexity index is 247. The lowest BCUT2D eigenvalue weighted by Crippen LogP contribution is -2.23. The van der Waals surface area contributed by atoms with Gasteiger partial charge in [0, 0.05) is 25.1 Å². The maximum absolute atomic E-state index is 11.1. The molecule has 0 aromatic carbocycles. The number of carbonyl (C=O) groups is 1. The van der Waals surface area contributed by atoms with Crippen LogP contribution < -0.4 is 0 Å². The van der Waals surface area contributed by atoms with Crippen molar-refractivity contribution in [1.82, 2.24) is 5.01 Å². The summed E-state index contributed by atoms with van der Waals surface area (Å²) < 4.78 is 0. The minimum Gasteiger partial charge on any atom is -0.272 e. The zero-order valence-corrected chi connectivity index (χ0v) is 7.21. The van der Waals surface area contributed by atoms with E-state index < -0.39 is 0 Å². The van der Waals surface area contributed by atoms with Gasteiger partial charge in [0.25, 0.3) is 5.91 Å². The third-order valence-corrected chi connectivity index (χ3v) is 1.48. The van der Waals surface area contributed by atoms with E-state index in [4.69, 9.17) is 0 Å². The lowest BCUT2D eigenvalue weighted by atomic mass is 10.3. The number of hydrazone groups is 1. The average Bonchev–Trinajstić information content (AvgIpc) is 2.09. The average molecular weight is 164 g/mol. The maximum Gasteiger partial charge on any atom is 0.255 e. The van der Waals surface area contributed by atoms with Crippen LogP contribution in [0.3, 0.4) is 0 Å². The first kappa shape index (κ1) is 8.79. The monoisotopic (exact) mass is 164 g/mol. The summed E-state index contributed by atoms with van der Waals surface area (Å²) in [6.45, 7) is 2.05. The summed E-state index contributed by atoms with van der Waals surface area (Å²) in [4.78, 5) is 11.1. The molecule has 1 aliphatic rings. The molecule has 0 spiro atoms. The van der Waals surface area contributed by atoms with Gasteiger partial charge in [0.1, 0.15) is 0 Å². The topological polar surface area (TPSA) is 32.7 Å². The van der Waals surface area contributed by atoms with E-state index >= 15 is 0 Å². The molecule has 12 heavy (non-hydrogen) atoms. The van der Waals surface area contributed by atoms with Crippen LogP contribution in [-0.4, -0.2) is 17.1 Å². The summed E-state index contributed by atoms with van der Waals surface area (Å²) >= 11 is 0. The number of hydrogen-bond acceptors (Lipinski definition) is 2. The molecule has 1 heterocycles. The molecule has 0 saturated heterocycles. The Morgan fingerprint density at radius 2 is 2.58 bits per heavy atom. The van der Waals surface area contributed by atoms with Gasteiger partial charge in [-0.15, -0.1) is 0 Å². The van der Waals surface area contributed by atoms with Crippen LogP contribution in [0.25, 0.3) is 0 Å². The van der Waals surface area contributed by atoms with Crippen LogP contribution in [0, 0.1) is 12.0 Å². The number of carbonyl (C=O) groups excluding carboxylic acids is 1. The van der Waals surface area contributed by atoms with Crippen molar-refractivity contribution >= 4 is 12.1 Å². The molecule has 0 aromatic rings. The molecule has 0 atom stereocenters. The molecule has 0 N–H and O–H groups in total. The zero-order valence-electron chi connectivity index (χ0n) is 7.21. The van der Waals surface area contributed by atoms with Crippen LogP contribution >= 0.6 is 0 Å². The highest BCUT2D eigenvalue weighted by atomic mass is 16.2. The summed E-state index contributed by atoms with van der Waals surface area (Å²) in [7, 11) is 0. The molecule has 0 aliphatic carbocycles. The van der Waals surface area contributed by atoms with Crippen LogP contribution in [0.15, 0.2) is 5.10 Å². The van der Waals surface area contributed by atoms with Crippen LogP contribution in [0.4, 0.5) is 0 Å². The molecular formula is C9H12N2O. The first-order valence-electron chi connectivity index (χ1n) is 4.18. The Hall–Kier alpha value is -1.30. The Kier molecular flexibility index (Phi) is 3.34. The van der Waals surface area contributed by atoms with E-state index in [9.17, 15) is 4.79 Å². The molecule has 3 nitrogen and oxygen atoms in total. The quantitative estimate of drug-likeness (QED) is 0.538. The van der Waals surface area contributed by atoms with Crippen molar-refractivity contribution in [1.29, 1.82) is 0 Å². The SMILES string of the molecule is CCCC#CN1N=CCCC1=O. The van der Waals surface area contributed by atoms with Crippen molar-refractivity contribution in [3.05, 3.63) is 0 Å². The lowest BCUT2D eigenvalue weighted by Gasteiger charge is -2.11. The van der Waals surface area contributed by atoms with Gasteiger partial charge in [-0.05, 0) is 12.8 Å². The fourth-order valence-corrected chi connectivity index (χ4v) is 0.845. The molecular weight excluding hydrogens is 152 g/mol. The smallest absolute Gasteiger partial charge is 0.255 e. The second-order valence-corrected chi connectivity index (χ2v) is 2.58. The van der Waals surface area contributed by atoms with Gasteiger partial charge in [0.05, 0.1) is 0 Å². The molecule has 1 aliphatic heterocycles. The highest BCUT2D eigenvalue weighted by Gasteiger charge is 2.11. The molecule has 3 heteroatoms. The molecule has 1 amide bonds. The number of rotatable bonds is 1. The molecule has 0 bridgehead atoms. The third-order valence-electron chi connectivity index (χ3n) is 1.48. The Labute approximate surface area is 72.4 Å². The summed E-state index contributed by atoms with van der Waals surface area (Å²) in [6, 6.07) is 2.71. The van der Waals surface area contributed by atoms with Crippen LogP contribution in [-0.2, 0) is 4.79 Å². The van der Waals surface area contributed by atoms with Crippen molar-refractivity contribution in [3.63, 3.8) is 0 Å². The Morgan fingerprint density at radius 1 is 1.75 bits per heavy atom. The Balaban J connectivity index is 2.51. The van der Waals surface area contributed by atoms with Gasteiger partial charge >= 0.3 is 0 Å². The number of amides is 1. The largest absolute Gasteiger partial charge is 0.272 e. The van der Waals surface area contributed by atoms with E-state index in [0.29, 0.717) is 6.42 Å². The highest BCUT2D eigenvalue weighted by Crippen LogP contribution is 2.02. The predicted molar refractivity (Wildman–Crippen MR) is 47.3 cm³/mol. The summed E-state index contributed by atoms with van der Waals surface area (Å²) in [5, 5.41) is 5.10. The molecule has 0 saturated carbocycles. The van der Waals surface area contributed by atoms with Crippen molar-refractivity contribution < 1.29 is 4.79 Å². The second-order valence-electron chi connectivity index (χ2n) is 2.58. The van der Waals surface area contributed by atoms with E-state index in [2.05, 4.69) is 24.0 Å². The van der Waals surface area contributed by atoms with Gasteiger partial charge in [-0.2, -0.15) is 10.1 Å². The zero-order chi connectivity index (χ0) is 8.81. The van der Waals surface area contributed by atoms with Gasteiger partial charge < -0.3 is 0 Å². The maximum atomic E-state index is 11.1. The minimum absolute atomic E-state index is 0.00102. The summed E-state index contributed by atoms with van der Waals surface area (Å²) in [6.07, 6.45) is 4.83. The van der Waals surface area contributed by atoms with Crippen molar-refractivity contribution in [2.45, 2.75) is 32.6 Å². The molecule has 0 fully saturated rings. The van der Waals surface area contributed by atoms with Crippen LogP contribution in [0.5, 0.6) is 0 Å². The van der Waals surface area contributed by atoms with Gasteiger partial charge in [-0.25, -0.2) is 0 Å². The standard InChI is InChI=1S/C9H12N2O/c1-2-3-4-8-11-9(12)6-5-7-10-11/h7H,2-3,5-6H2,1H3. The van der Waals surface area contributed by atoms with Crippen LogP contribution in [0.2, 0.25) is 0 Å².